The molecule has 0 aliphatic rings. The van der Waals surface area contributed by atoms with Crippen LogP contribution in [-0.4, -0.2) is 33.5 Å². The van der Waals surface area contributed by atoms with Crippen molar-refractivity contribution in [3.63, 3.8) is 0 Å². The van der Waals surface area contributed by atoms with Gasteiger partial charge in [0, 0.05) is 6.07 Å². The summed E-state index contributed by atoms with van der Waals surface area (Å²) in [6.45, 7) is 0. The lowest BCUT2D eigenvalue weighted by Crippen LogP contribution is -1.99. The van der Waals surface area contributed by atoms with Crippen LogP contribution in [0, 0.1) is 0 Å². The van der Waals surface area contributed by atoms with E-state index >= 15 is 0 Å². The Balaban J connectivity index is 2.54. The molecular formula is C16H14O6. The van der Waals surface area contributed by atoms with Crippen LogP contribution in [0.5, 0.6) is 23.0 Å². The van der Waals surface area contributed by atoms with Crippen LogP contribution in [-0.2, 0) is 4.79 Å². The van der Waals surface area contributed by atoms with Crippen LogP contribution in [0.3, 0.4) is 0 Å². The van der Waals surface area contributed by atoms with E-state index in [1.807, 2.05) is 0 Å². The van der Waals surface area contributed by atoms with E-state index in [1.165, 1.54) is 43.5 Å². The second-order valence-electron chi connectivity index (χ2n) is 4.53. The molecule has 0 fully saturated rings. The van der Waals surface area contributed by atoms with Crippen LogP contribution < -0.4 is 4.74 Å². The van der Waals surface area contributed by atoms with Gasteiger partial charge in [-0.15, -0.1) is 0 Å². The van der Waals surface area contributed by atoms with Gasteiger partial charge in [0.1, 0.15) is 11.5 Å². The molecule has 114 valence electrons. The number of phenolic OH excluding ortho intramolecular Hbond substituents is 3. The summed E-state index contributed by atoms with van der Waals surface area (Å²) in [5.74, 6) is -1.57. The second-order valence-corrected chi connectivity index (χ2v) is 4.53. The van der Waals surface area contributed by atoms with Gasteiger partial charge in [0.2, 0.25) is 0 Å². The SMILES string of the molecule is COc1cc(/C=C(/C(=O)O)c2cc(O)cc(O)c2)ccc1O. The molecular weight excluding hydrogens is 288 g/mol. The summed E-state index contributed by atoms with van der Waals surface area (Å²) < 4.78 is 4.96. The molecule has 0 spiro atoms. The highest BCUT2D eigenvalue weighted by Gasteiger charge is 2.13. The molecule has 6 nitrogen and oxygen atoms in total. The number of aromatic hydroxyl groups is 3. The van der Waals surface area contributed by atoms with E-state index in [1.54, 1.807) is 0 Å². The largest absolute Gasteiger partial charge is 0.508 e. The van der Waals surface area contributed by atoms with Crippen molar-refractivity contribution in [3.05, 3.63) is 47.5 Å². The number of methoxy groups -OCH3 is 1. The molecule has 0 saturated heterocycles. The lowest BCUT2D eigenvalue weighted by atomic mass is 10.0. The first-order chi connectivity index (χ1) is 10.4. The molecule has 0 aliphatic carbocycles. The topological polar surface area (TPSA) is 107 Å². The van der Waals surface area contributed by atoms with Crippen molar-refractivity contribution < 1.29 is 30.0 Å². The van der Waals surface area contributed by atoms with E-state index in [-0.39, 0.29) is 34.1 Å². The first-order valence-corrected chi connectivity index (χ1v) is 6.26. The molecule has 0 saturated carbocycles. The van der Waals surface area contributed by atoms with Crippen LogP contribution in [0.4, 0.5) is 0 Å². The Hall–Kier alpha value is -3.15. The zero-order chi connectivity index (χ0) is 16.3. The van der Waals surface area contributed by atoms with E-state index < -0.39 is 5.97 Å². The number of aliphatic carboxylic acids is 1. The number of hydrogen-bond donors (Lipinski definition) is 4. The Kier molecular flexibility index (Phi) is 4.22. The summed E-state index contributed by atoms with van der Waals surface area (Å²) in [7, 11) is 1.38. The van der Waals surface area contributed by atoms with E-state index in [9.17, 15) is 25.2 Å². The molecule has 0 amide bonds. The first kappa shape index (κ1) is 15.2. The Bertz CT molecular complexity index is 728. The molecule has 2 aromatic rings. The maximum atomic E-state index is 11.4. The van der Waals surface area contributed by atoms with Gasteiger partial charge in [-0.2, -0.15) is 0 Å². The minimum atomic E-state index is -1.22. The molecule has 2 rings (SSSR count). The van der Waals surface area contributed by atoms with Gasteiger partial charge in [-0.1, -0.05) is 6.07 Å². The van der Waals surface area contributed by atoms with Crippen molar-refractivity contribution in [1.29, 1.82) is 0 Å². The molecule has 0 radical (unpaired) electrons. The number of carbonyl (C=O) groups is 1. The highest BCUT2D eigenvalue weighted by Crippen LogP contribution is 2.30. The molecule has 0 aromatic heterocycles. The standard InChI is InChI=1S/C16H14O6/c1-22-15-5-9(2-3-14(15)19)4-13(16(20)21)10-6-11(17)8-12(18)7-10/h2-8,17-19H,1H3,(H,20,21)/b13-4+. The third-order valence-electron chi connectivity index (χ3n) is 2.96. The predicted molar refractivity (Wildman–Crippen MR) is 79.9 cm³/mol. The van der Waals surface area contributed by atoms with Gasteiger partial charge in [0.15, 0.2) is 11.5 Å². The van der Waals surface area contributed by atoms with Crippen molar-refractivity contribution in [2.75, 3.05) is 7.11 Å². The van der Waals surface area contributed by atoms with Gasteiger partial charge in [0.05, 0.1) is 12.7 Å². The smallest absolute Gasteiger partial charge is 0.336 e. The Labute approximate surface area is 126 Å². The minimum Gasteiger partial charge on any atom is -0.508 e. The summed E-state index contributed by atoms with van der Waals surface area (Å²) in [5, 5.41) is 37.8. The number of rotatable bonds is 4. The molecule has 4 N–H and O–H groups in total. The molecule has 0 atom stereocenters. The lowest BCUT2D eigenvalue weighted by Gasteiger charge is -2.07. The van der Waals surface area contributed by atoms with Crippen LogP contribution in [0.15, 0.2) is 36.4 Å². The number of ether oxygens (including phenoxy) is 1. The minimum absolute atomic E-state index is 0.0634. The summed E-state index contributed by atoms with van der Waals surface area (Å²) in [4.78, 5) is 11.4. The fourth-order valence-corrected chi connectivity index (χ4v) is 1.97. The summed E-state index contributed by atoms with van der Waals surface area (Å²) in [5.41, 5.74) is 0.505. The Morgan fingerprint density at radius 3 is 2.23 bits per heavy atom. The van der Waals surface area contributed by atoms with Crippen molar-refractivity contribution in [2.45, 2.75) is 0 Å². The normalized spacial score (nSPS) is 11.2. The quantitative estimate of drug-likeness (QED) is 0.510. The fraction of sp³-hybridized carbons (Fsp3) is 0.0625. The lowest BCUT2D eigenvalue weighted by molar-refractivity contribution is -0.130. The number of benzene rings is 2. The number of phenols is 3. The third-order valence-corrected chi connectivity index (χ3v) is 2.96. The molecule has 22 heavy (non-hydrogen) atoms. The van der Waals surface area contributed by atoms with Crippen molar-refractivity contribution in [2.24, 2.45) is 0 Å². The van der Waals surface area contributed by atoms with E-state index in [0.717, 1.165) is 6.07 Å². The van der Waals surface area contributed by atoms with Crippen molar-refractivity contribution in [3.8, 4) is 23.0 Å². The predicted octanol–water partition coefficient (Wildman–Crippen LogP) is 2.44. The highest BCUT2D eigenvalue weighted by atomic mass is 16.5. The van der Waals surface area contributed by atoms with Crippen LogP contribution in [0.1, 0.15) is 11.1 Å². The average molecular weight is 302 g/mol. The van der Waals surface area contributed by atoms with E-state index in [4.69, 9.17) is 4.74 Å². The number of carboxylic acid groups (broad SMARTS) is 1. The number of hydrogen-bond acceptors (Lipinski definition) is 5. The molecule has 6 heteroatoms. The molecule has 0 unspecified atom stereocenters. The van der Waals surface area contributed by atoms with E-state index in [0.29, 0.717) is 5.56 Å². The zero-order valence-corrected chi connectivity index (χ0v) is 11.6. The maximum Gasteiger partial charge on any atom is 0.336 e. The van der Waals surface area contributed by atoms with Gasteiger partial charge < -0.3 is 25.2 Å². The van der Waals surface area contributed by atoms with Crippen molar-refractivity contribution in [1.82, 2.24) is 0 Å². The Morgan fingerprint density at radius 2 is 1.68 bits per heavy atom. The van der Waals surface area contributed by atoms with Crippen LogP contribution >= 0.6 is 0 Å². The van der Waals surface area contributed by atoms with Crippen LogP contribution in [0.25, 0.3) is 11.6 Å². The molecule has 0 heterocycles. The first-order valence-electron chi connectivity index (χ1n) is 6.26. The monoisotopic (exact) mass is 302 g/mol. The summed E-state index contributed by atoms with van der Waals surface area (Å²) >= 11 is 0. The second kappa shape index (κ2) is 6.09. The average Bonchev–Trinajstić information content (AvgIpc) is 2.44. The van der Waals surface area contributed by atoms with Gasteiger partial charge in [0.25, 0.3) is 0 Å². The molecule has 0 bridgehead atoms. The van der Waals surface area contributed by atoms with Gasteiger partial charge in [-0.25, -0.2) is 4.79 Å². The third kappa shape index (κ3) is 3.29. The Morgan fingerprint density at radius 1 is 1.05 bits per heavy atom. The van der Waals surface area contributed by atoms with Gasteiger partial charge in [-0.05, 0) is 41.5 Å². The zero-order valence-electron chi connectivity index (χ0n) is 11.6. The van der Waals surface area contributed by atoms with Crippen LogP contribution in [0.2, 0.25) is 0 Å². The van der Waals surface area contributed by atoms with Gasteiger partial charge >= 0.3 is 5.97 Å². The maximum absolute atomic E-state index is 11.4. The summed E-state index contributed by atoms with van der Waals surface area (Å²) in [6.07, 6.45) is 1.35. The highest BCUT2D eigenvalue weighted by molar-refractivity contribution is 6.20. The van der Waals surface area contributed by atoms with Crippen molar-refractivity contribution >= 4 is 17.6 Å². The molecule has 0 aliphatic heterocycles. The molecule has 2 aromatic carbocycles. The van der Waals surface area contributed by atoms with Gasteiger partial charge in [-0.3, -0.25) is 0 Å². The number of carboxylic acids is 1. The van der Waals surface area contributed by atoms with E-state index in [2.05, 4.69) is 0 Å². The fourth-order valence-electron chi connectivity index (χ4n) is 1.97. The summed E-state index contributed by atoms with van der Waals surface area (Å²) in [6, 6.07) is 7.94.